The largest absolute Gasteiger partial charge is 0.337 e. The van der Waals surface area contributed by atoms with Gasteiger partial charge in [0.2, 0.25) is 10.0 Å². The third-order valence-electron chi connectivity index (χ3n) is 6.36. The van der Waals surface area contributed by atoms with Crippen molar-refractivity contribution in [2.24, 2.45) is 5.92 Å². The molecule has 8 nitrogen and oxygen atoms in total. The fraction of sp³-hybridized carbons (Fsp3) is 0.407. The molecule has 0 bridgehead atoms. The Bertz CT molecular complexity index is 1300. The van der Waals surface area contributed by atoms with E-state index in [-0.39, 0.29) is 18.0 Å². The second-order valence-corrected chi connectivity index (χ2v) is 11.6. The Labute approximate surface area is 213 Å². The number of hydrogen-bond acceptors (Lipinski definition) is 5. The molecule has 1 aromatic heterocycles. The van der Waals surface area contributed by atoms with Gasteiger partial charge in [-0.15, -0.1) is 0 Å². The topological polar surface area (TPSA) is 94.6 Å². The molecule has 1 fully saturated rings. The van der Waals surface area contributed by atoms with Crippen LogP contribution in [0.1, 0.15) is 26.0 Å². The number of aryl methyl sites for hydroxylation is 1. The molecular weight excluding hydrogens is 474 g/mol. The number of urea groups is 1. The molecule has 2 amide bonds. The van der Waals surface area contributed by atoms with Crippen molar-refractivity contribution < 1.29 is 13.2 Å². The van der Waals surface area contributed by atoms with E-state index in [0.29, 0.717) is 31.1 Å². The lowest BCUT2D eigenvalue weighted by atomic mass is 10.1. The van der Waals surface area contributed by atoms with Crippen molar-refractivity contribution in [2.75, 3.05) is 38.0 Å². The summed E-state index contributed by atoms with van der Waals surface area (Å²) >= 11 is 0. The van der Waals surface area contributed by atoms with Gasteiger partial charge in [0.25, 0.3) is 0 Å². The number of sulfonamides is 1. The van der Waals surface area contributed by atoms with Gasteiger partial charge in [0.1, 0.15) is 0 Å². The minimum atomic E-state index is -3.57. The van der Waals surface area contributed by atoms with Crippen LogP contribution in [0.15, 0.2) is 65.6 Å². The minimum absolute atomic E-state index is 0.0856. The molecule has 0 radical (unpaired) electrons. The van der Waals surface area contributed by atoms with Gasteiger partial charge in [-0.1, -0.05) is 50.2 Å². The van der Waals surface area contributed by atoms with E-state index < -0.39 is 10.0 Å². The first-order valence-electron chi connectivity index (χ1n) is 12.4. The normalized spacial score (nSPS) is 16.6. The molecule has 36 heavy (non-hydrogen) atoms. The highest BCUT2D eigenvalue weighted by Gasteiger charge is 2.36. The Hall–Kier alpha value is -3.01. The number of para-hydroxylation sites is 1. The molecule has 1 aliphatic rings. The summed E-state index contributed by atoms with van der Waals surface area (Å²) in [7, 11) is -3.57. The van der Waals surface area contributed by atoms with Crippen molar-refractivity contribution in [3.63, 3.8) is 0 Å². The molecule has 9 heteroatoms. The first kappa shape index (κ1) is 26.1. The Morgan fingerprint density at radius 3 is 2.61 bits per heavy atom. The van der Waals surface area contributed by atoms with Crippen LogP contribution < -0.4 is 10.6 Å². The van der Waals surface area contributed by atoms with Gasteiger partial charge in [-0.3, -0.25) is 9.88 Å². The first-order chi connectivity index (χ1) is 17.2. The molecule has 1 aliphatic heterocycles. The summed E-state index contributed by atoms with van der Waals surface area (Å²) in [6.07, 6.45) is 0.771. The molecule has 0 saturated carbocycles. The lowest BCUT2D eigenvalue weighted by Crippen LogP contribution is -2.44. The Morgan fingerprint density at radius 1 is 1.14 bits per heavy atom. The number of fused-ring (bicyclic) bond motifs is 1. The molecule has 0 aliphatic carbocycles. The number of likely N-dealkylation sites (tertiary alicyclic amines) is 1. The standard InChI is InChI=1S/C27H35N5O3S/c1-20(2)18-32(36(34,35)23-9-5-4-6-10-23)22-13-15-31(19-22)16-14-28-27(33)30-26-17-21(3)29-25-12-8-7-11-24(25)26/h4-12,17,20,22H,13-16,18-19H2,1-3H3,(H2,28,29,30,33). The van der Waals surface area contributed by atoms with Gasteiger partial charge in [-0.25, -0.2) is 13.2 Å². The summed E-state index contributed by atoms with van der Waals surface area (Å²) in [6.45, 7) is 9.02. The van der Waals surface area contributed by atoms with E-state index >= 15 is 0 Å². The molecule has 1 atom stereocenters. The molecule has 1 saturated heterocycles. The van der Waals surface area contributed by atoms with Crippen LogP contribution >= 0.6 is 0 Å². The maximum absolute atomic E-state index is 13.4. The second-order valence-electron chi connectivity index (χ2n) is 9.73. The smallest absolute Gasteiger partial charge is 0.319 e. The van der Waals surface area contributed by atoms with Gasteiger partial charge in [-0.2, -0.15) is 4.31 Å². The van der Waals surface area contributed by atoms with Crippen LogP contribution in [0, 0.1) is 12.8 Å². The molecule has 1 unspecified atom stereocenters. The van der Waals surface area contributed by atoms with E-state index in [2.05, 4.69) is 20.5 Å². The number of nitrogens with one attached hydrogen (secondary N) is 2. The number of aromatic nitrogens is 1. The number of carbonyl (C=O) groups is 1. The summed E-state index contributed by atoms with van der Waals surface area (Å²) in [4.78, 5) is 19.6. The number of carbonyl (C=O) groups excluding carboxylic acids is 1. The van der Waals surface area contributed by atoms with Crippen molar-refractivity contribution >= 4 is 32.6 Å². The zero-order chi connectivity index (χ0) is 25.7. The molecule has 2 N–H and O–H groups in total. The van der Waals surface area contributed by atoms with Crippen LogP contribution in [0.3, 0.4) is 0 Å². The van der Waals surface area contributed by atoms with Gasteiger partial charge < -0.3 is 10.6 Å². The van der Waals surface area contributed by atoms with E-state index in [1.807, 2.05) is 57.2 Å². The summed E-state index contributed by atoms with van der Waals surface area (Å²) in [6, 6.07) is 17.9. The van der Waals surface area contributed by atoms with Gasteiger partial charge in [-0.05, 0) is 50.1 Å². The van der Waals surface area contributed by atoms with Gasteiger partial charge in [0.15, 0.2) is 0 Å². The molecule has 0 spiro atoms. The fourth-order valence-corrected chi connectivity index (χ4v) is 6.52. The average molecular weight is 510 g/mol. The van der Waals surface area contributed by atoms with Gasteiger partial charge >= 0.3 is 6.03 Å². The number of amides is 2. The van der Waals surface area contributed by atoms with E-state index in [0.717, 1.165) is 35.2 Å². The van der Waals surface area contributed by atoms with Crippen molar-refractivity contribution in [3.05, 3.63) is 66.4 Å². The predicted octanol–water partition coefficient (Wildman–Crippen LogP) is 4.09. The van der Waals surface area contributed by atoms with E-state index in [9.17, 15) is 13.2 Å². The highest BCUT2D eigenvalue weighted by molar-refractivity contribution is 7.89. The van der Waals surface area contributed by atoms with E-state index in [1.54, 1.807) is 28.6 Å². The number of hydrogen-bond donors (Lipinski definition) is 2. The summed E-state index contributed by atoms with van der Waals surface area (Å²) < 4.78 is 28.5. The molecule has 192 valence electrons. The average Bonchev–Trinajstić information content (AvgIpc) is 3.31. The third kappa shape index (κ3) is 6.21. The highest BCUT2D eigenvalue weighted by Crippen LogP contribution is 2.25. The van der Waals surface area contributed by atoms with E-state index in [1.165, 1.54) is 0 Å². The number of benzene rings is 2. The maximum Gasteiger partial charge on any atom is 0.319 e. The fourth-order valence-electron chi connectivity index (χ4n) is 4.69. The molecule has 2 heterocycles. The number of nitrogens with zero attached hydrogens (tertiary/aromatic N) is 3. The van der Waals surface area contributed by atoms with Crippen LogP contribution in [0.4, 0.5) is 10.5 Å². The van der Waals surface area contributed by atoms with Crippen LogP contribution in [0.2, 0.25) is 0 Å². The minimum Gasteiger partial charge on any atom is -0.337 e. The highest BCUT2D eigenvalue weighted by atomic mass is 32.2. The zero-order valence-corrected chi connectivity index (χ0v) is 22.0. The third-order valence-corrected chi connectivity index (χ3v) is 8.29. The Kier molecular flexibility index (Phi) is 8.23. The Balaban J connectivity index is 1.33. The summed E-state index contributed by atoms with van der Waals surface area (Å²) in [5, 5.41) is 6.77. The first-order valence-corrected chi connectivity index (χ1v) is 13.9. The quantitative estimate of drug-likeness (QED) is 0.453. The number of anilines is 1. The zero-order valence-electron chi connectivity index (χ0n) is 21.1. The molecule has 4 rings (SSSR count). The molecular formula is C27H35N5O3S. The molecule has 3 aromatic rings. The number of pyridine rings is 1. The van der Waals surface area contributed by atoms with Crippen LogP contribution in [-0.2, 0) is 10.0 Å². The lowest BCUT2D eigenvalue weighted by Gasteiger charge is -2.30. The SMILES string of the molecule is Cc1cc(NC(=O)NCCN2CCC(N(CC(C)C)S(=O)(=O)c3ccccc3)C2)c2ccccc2n1. The monoisotopic (exact) mass is 509 g/mol. The van der Waals surface area contributed by atoms with Crippen LogP contribution in [0.5, 0.6) is 0 Å². The predicted molar refractivity (Wildman–Crippen MR) is 144 cm³/mol. The summed E-state index contributed by atoms with van der Waals surface area (Å²) in [5.74, 6) is 0.218. The second kappa shape index (κ2) is 11.4. The Morgan fingerprint density at radius 2 is 1.86 bits per heavy atom. The summed E-state index contributed by atoms with van der Waals surface area (Å²) in [5.41, 5.74) is 2.41. The van der Waals surface area contributed by atoms with E-state index in [4.69, 9.17) is 0 Å². The van der Waals surface area contributed by atoms with Gasteiger partial charge in [0, 0.05) is 43.3 Å². The van der Waals surface area contributed by atoms with Crippen molar-refractivity contribution in [1.29, 1.82) is 0 Å². The van der Waals surface area contributed by atoms with Gasteiger partial charge in [0.05, 0.1) is 16.1 Å². The molecule has 2 aromatic carbocycles. The maximum atomic E-state index is 13.4. The van der Waals surface area contributed by atoms with Crippen molar-refractivity contribution in [2.45, 2.75) is 38.1 Å². The van der Waals surface area contributed by atoms with Crippen LogP contribution in [0.25, 0.3) is 10.9 Å². The lowest BCUT2D eigenvalue weighted by molar-refractivity contribution is 0.247. The van der Waals surface area contributed by atoms with Crippen LogP contribution in [-0.4, -0.2) is 67.4 Å². The number of rotatable bonds is 9. The van der Waals surface area contributed by atoms with Crippen molar-refractivity contribution in [3.8, 4) is 0 Å². The van der Waals surface area contributed by atoms with Crippen molar-refractivity contribution in [1.82, 2.24) is 19.5 Å².